The highest BCUT2D eigenvalue weighted by Gasteiger charge is 2.08. The van der Waals surface area contributed by atoms with Gasteiger partial charge in [-0.2, -0.15) is 5.26 Å². The van der Waals surface area contributed by atoms with E-state index in [4.69, 9.17) is 20.5 Å². The quantitative estimate of drug-likeness (QED) is 0.923. The lowest BCUT2D eigenvalue weighted by Crippen LogP contribution is -2.06. The molecule has 0 spiro atoms. The number of hydrogen-bond donors (Lipinski definition) is 1. The molecule has 1 aromatic carbocycles. The third kappa shape index (κ3) is 3.05. The van der Waals surface area contributed by atoms with E-state index in [0.29, 0.717) is 22.8 Å². The molecule has 0 amide bonds. The van der Waals surface area contributed by atoms with Gasteiger partial charge in [-0.05, 0) is 31.2 Å². The first-order chi connectivity index (χ1) is 9.63. The van der Waals surface area contributed by atoms with Crippen molar-refractivity contribution in [1.29, 1.82) is 5.26 Å². The average molecular weight is 269 g/mol. The van der Waals surface area contributed by atoms with Crippen molar-refractivity contribution in [3.05, 3.63) is 47.8 Å². The van der Waals surface area contributed by atoms with Crippen LogP contribution in [-0.4, -0.2) is 12.1 Å². The van der Waals surface area contributed by atoms with Crippen LogP contribution >= 0.6 is 0 Å². The van der Waals surface area contributed by atoms with E-state index in [0.717, 1.165) is 5.69 Å². The van der Waals surface area contributed by atoms with Crippen LogP contribution in [0.25, 0.3) is 0 Å². The molecule has 2 rings (SSSR count). The van der Waals surface area contributed by atoms with Crippen molar-refractivity contribution in [3.8, 4) is 23.3 Å². The molecule has 102 valence electrons. The van der Waals surface area contributed by atoms with Crippen molar-refractivity contribution in [3.63, 3.8) is 0 Å². The molecule has 1 aromatic heterocycles. The van der Waals surface area contributed by atoms with Gasteiger partial charge in [-0.25, -0.2) is 0 Å². The number of ether oxygens (including phenoxy) is 2. The Labute approximate surface area is 117 Å². The summed E-state index contributed by atoms with van der Waals surface area (Å²) in [5.74, 6) is 1.61. The second-order valence-corrected chi connectivity index (χ2v) is 4.29. The van der Waals surface area contributed by atoms with Gasteiger partial charge in [-0.3, -0.25) is 4.98 Å². The van der Waals surface area contributed by atoms with Crippen LogP contribution in [0.1, 0.15) is 24.2 Å². The minimum atomic E-state index is -0.117. The van der Waals surface area contributed by atoms with Crippen molar-refractivity contribution < 1.29 is 9.47 Å². The zero-order valence-electron chi connectivity index (χ0n) is 11.3. The molecule has 0 aliphatic carbocycles. The van der Waals surface area contributed by atoms with Crippen LogP contribution in [0.2, 0.25) is 0 Å². The van der Waals surface area contributed by atoms with Crippen LogP contribution in [-0.2, 0) is 0 Å². The largest absolute Gasteiger partial charge is 0.493 e. The molecular formula is C15H15N3O2. The van der Waals surface area contributed by atoms with E-state index in [9.17, 15) is 0 Å². The van der Waals surface area contributed by atoms with E-state index in [1.165, 1.54) is 7.11 Å². The highest BCUT2D eigenvalue weighted by atomic mass is 16.5. The molecule has 0 saturated heterocycles. The molecule has 20 heavy (non-hydrogen) atoms. The summed E-state index contributed by atoms with van der Waals surface area (Å²) in [7, 11) is 1.53. The average Bonchev–Trinajstić information content (AvgIpc) is 2.48. The Morgan fingerprint density at radius 3 is 2.60 bits per heavy atom. The summed E-state index contributed by atoms with van der Waals surface area (Å²) in [6.45, 7) is 1.87. The predicted molar refractivity (Wildman–Crippen MR) is 74.6 cm³/mol. The Morgan fingerprint density at radius 2 is 2.05 bits per heavy atom. The molecule has 1 atom stereocenters. The maximum atomic E-state index is 8.85. The first kappa shape index (κ1) is 13.8. The lowest BCUT2D eigenvalue weighted by Gasteiger charge is -2.11. The number of pyridine rings is 1. The molecule has 0 saturated carbocycles. The fourth-order valence-electron chi connectivity index (χ4n) is 1.67. The molecule has 2 aromatic rings. The molecule has 5 nitrogen and oxygen atoms in total. The van der Waals surface area contributed by atoms with E-state index in [-0.39, 0.29) is 6.04 Å². The molecule has 5 heteroatoms. The van der Waals surface area contributed by atoms with Crippen LogP contribution in [0.4, 0.5) is 0 Å². The number of hydrogen-bond acceptors (Lipinski definition) is 5. The fraction of sp³-hybridized carbons (Fsp3) is 0.200. The van der Waals surface area contributed by atoms with Crippen LogP contribution in [0.15, 0.2) is 36.5 Å². The second-order valence-electron chi connectivity index (χ2n) is 4.29. The third-order valence-corrected chi connectivity index (χ3v) is 2.75. The van der Waals surface area contributed by atoms with Crippen molar-refractivity contribution in [2.24, 2.45) is 5.73 Å². The van der Waals surface area contributed by atoms with E-state index >= 15 is 0 Å². The summed E-state index contributed by atoms with van der Waals surface area (Å²) in [6.07, 6.45) is 1.61. The number of nitrogens with zero attached hydrogens (tertiary/aromatic N) is 2. The van der Waals surface area contributed by atoms with Crippen LogP contribution < -0.4 is 15.2 Å². The molecule has 0 aliphatic heterocycles. The lowest BCUT2D eigenvalue weighted by molar-refractivity contribution is 0.378. The van der Waals surface area contributed by atoms with E-state index in [1.807, 2.05) is 13.0 Å². The third-order valence-electron chi connectivity index (χ3n) is 2.75. The molecule has 0 aliphatic rings. The van der Waals surface area contributed by atoms with Gasteiger partial charge in [0.15, 0.2) is 11.5 Å². The Kier molecular flexibility index (Phi) is 4.18. The van der Waals surface area contributed by atoms with Gasteiger partial charge in [0.05, 0.1) is 30.6 Å². The van der Waals surface area contributed by atoms with Crippen LogP contribution in [0.5, 0.6) is 17.2 Å². The standard InChI is InChI=1S/C15H15N3O2/c1-10(17)13-5-4-12(9-18-13)20-14-6-3-11(8-16)7-15(14)19-2/h3-7,9-10H,17H2,1-2H3/t10-/m0/s1. The van der Waals surface area contributed by atoms with Crippen molar-refractivity contribution >= 4 is 0 Å². The monoisotopic (exact) mass is 269 g/mol. The minimum absolute atomic E-state index is 0.117. The zero-order chi connectivity index (χ0) is 14.5. The molecule has 0 fully saturated rings. The topological polar surface area (TPSA) is 81.2 Å². The van der Waals surface area contributed by atoms with Gasteiger partial charge in [0.2, 0.25) is 0 Å². The maximum absolute atomic E-state index is 8.85. The highest BCUT2D eigenvalue weighted by Crippen LogP contribution is 2.32. The van der Waals surface area contributed by atoms with Gasteiger partial charge in [0.25, 0.3) is 0 Å². The Hall–Kier alpha value is -2.58. The highest BCUT2D eigenvalue weighted by molar-refractivity contribution is 5.48. The molecular weight excluding hydrogens is 254 g/mol. The van der Waals surface area contributed by atoms with Gasteiger partial charge in [-0.15, -0.1) is 0 Å². The summed E-state index contributed by atoms with van der Waals surface area (Å²) in [5.41, 5.74) is 7.05. The summed E-state index contributed by atoms with van der Waals surface area (Å²) in [5, 5.41) is 8.85. The minimum Gasteiger partial charge on any atom is -0.493 e. The smallest absolute Gasteiger partial charge is 0.169 e. The van der Waals surface area contributed by atoms with Crippen LogP contribution in [0, 0.1) is 11.3 Å². The van der Waals surface area contributed by atoms with E-state index in [2.05, 4.69) is 11.1 Å². The molecule has 2 N–H and O–H groups in total. The Bertz CT molecular complexity index is 631. The van der Waals surface area contributed by atoms with Gasteiger partial charge >= 0.3 is 0 Å². The maximum Gasteiger partial charge on any atom is 0.169 e. The first-order valence-corrected chi connectivity index (χ1v) is 6.11. The summed E-state index contributed by atoms with van der Waals surface area (Å²) in [6, 6.07) is 10.5. The van der Waals surface area contributed by atoms with Gasteiger partial charge in [-0.1, -0.05) is 0 Å². The molecule has 1 heterocycles. The number of nitrogens with two attached hydrogens (primary N) is 1. The Morgan fingerprint density at radius 1 is 1.25 bits per heavy atom. The SMILES string of the molecule is COc1cc(C#N)ccc1Oc1ccc([C@H](C)N)nc1. The van der Waals surface area contributed by atoms with Gasteiger partial charge < -0.3 is 15.2 Å². The molecule has 0 radical (unpaired) electrons. The number of nitriles is 1. The normalized spacial score (nSPS) is 11.5. The summed E-state index contributed by atoms with van der Waals surface area (Å²) in [4.78, 5) is 4.22. The fourth-order valence-corrected chi connectivity index (χ4v) is 1.67. The van der Waals surface area contributed by atoms with Crippen molar-refractivity contribution in [2.45, 2.75) is 13.0 Å². The molecule has 0 unspecified atom stereocenters. The molecule has 0 bridgehead atoms. The zero-order valence-corrected chi connectivity index (χ0v) is 11.3. The first-order valence-electron chi connectivity index (χ1n) is 6.11. The number of benzene rings is 1. The van der Waals surface area contributed by atoms with Gasteiger partial charge in [0.1, 0.15) is 5.75 Å². The predicted octanol–water partition coefficient (Wildman–Crippen LogP) is 2.77. The van der Waals surface area contributed by atoms with Crippen molar-refractivity contribution in [2.75, 3.05) is 7.11 Å². The summed E-state index contributed by atoms with van der Waals surface area (Å²) >= 11 is 0. The number of rotatable bonds is 4. The Balaban J connectivity index is 2.23. The van der Waals surface area contributed by atoms with E-state index in [1.54, 1.807) is 30.5 Å². The number of aromatic nitrogens is 1. The van der Waals surface area contributed by atoms with E-state index < -0.39 is 0 Å². The second kappa shape index (κ2) is 6.04. The van der Waals surface area contributed by atoms with Gasteiger partial charge in [0, 0.05) is 12.1 Å². The summed E-state index contributed by atoms with van der Waals surface area (Å²) < 4.78 is 10.9. The van der Waals surface area contributed by atoms with Crippen molar-refractivity contribution in [1.82, 2.24) is 4.98 Å². The lowest BCUT2D eigenvalue weighted by atomic mass is 10.2. The number of methoxy groups -OCH3 is 1. The van der Waals surface area contributed by atoms with Crippen LogP contribution in [0.3, 0.4) is 0 Å².